The van der Waals surface area contributed by atoms with Gasteiger partial charge in [-0.15, -0.1) is 0 Å². The molecule has 2 rings (SSSR count). The number of aliphatic hydroxyl groups is 1. The third kappa shape index (κ3) is 8.98. The standard InChI is InChI=1S/C21H32N8O6S/c1-11(30)17(29-18(31)14(22)3-4-36-2)20(33)27-15(5-12-7-23-9-25-12)19(32)28-16(21(34)35)6-13-8-24-10-26-13/h7-11,14-17,30H,3-6,22H2,1-2H3,(H,23,25)(H,24,26)(H,27,33)(H,28,32)(H,29,31)(H,34,35). The summed E-state index contributed by atoms with van der Waals surface area (Å²) < 4.78 is 0. The zero-order valence-electron chi connectivity index (χ0n) is 19.9. The van der Waals surface area contributed by atoms with Crippen LogP contribution in [-0.2, 0) is 32.0 Å². The Kier molecular flexibility index (Phi) is 11.4. The zero-order valence-corrected chi connectivity index (χ0v) is 20.7. The minimum Gasteiger partial charge on any atom is -0.480 e. The molecule has 5 atom stereocenters. The summed E-state index contributed by atoms with van der Waals surface area (Å²) in [7, 11) is 0. The number of aromatic amines is 2. The van der Waals surface area contributed by atoms with Crippen molar-refractivity contribution in [2.24, 2.45) is 5.73 Å². The molecular weight excluding hydrogens is 492 g/mol. The number of nitrogens with two attached hydrogens (primary N) is 1. The Labute approximate surface area is 211 Å². The number of carboxylic acid groups (broad SMARTS) is 1. The Morgan fingerprint density at radius 2 is 1.53 bits per heavy atom. The molecule has 2 heterocycles. The Balaban J connectivity index is 2.15. The maximum absolute atomic E-state index is 13.1. The number of carboxylic acids is 1. The molecule has 0 saturated carbocycles. The smallest absolute Gasteiger partial charge is 0.326 e. The number of nitrogens with one attached hydrogen (secondary N) is 5. The molecule has 0 spiro atoms. The first-order valence-electron chi connectivity index (χ1n) is 11.1. The lowest BCUT2D eigenvalue weighted by Gasteiger charge is -2.26. The number of nitrogens with zero attached hydrogens (tertiary/aromatic N) is 2. The van der Waals surface area contributed by atoms with Crippen LogP contribution in [-0.4, -0.2) is 96.1 Å². The summed E-state index contributed by atoms with van der Waals surface area (Å²) in [4.78, 5) is 63.5. The van der Waals surface area contributed by atoms with Crippen LogP contribution >= 0.6 is 11.8 Å². The number of hydrogen-bond acceptors (Lipinski definition) is 9. The van der Waals surface area contributed by atoms with Crippen LogP contribution in [0.15, 0.2) is 25.0 Å². The van der Waals surface area contributed by atoms with Crippen LogP contribution in [0.3, 0.4) is 0 Å². The predicted molar refractivity (Wildman–Crippen MR) is 131 cm³/mol. The number of aliphatic carboxylic acids is 1. The van der Waals surface area contributed by atoms with E-state index in [2.05, 4.69) is 35.9 Å². The van der Waals surface area contributed by atoms with Gasteiger partial charge in [0, 0.05) is 36.6 Å². The van der Waals surface area contributed by atoms with Crippen molar-refractivity contribution < 1.29 is 29.4 Å². The average molecular weight is 525 g/mol. The molecule has 2 aromatic rings. The van der Waals surface area contributed by atoms with Crippen LogP contribution < -0.4 is 21.7 Å². The molecule has 0 aliphatic carbocycles. The molecule has 0 fully saturated rings. The number of thioether (sulfide) groups is 1. The molecule has 0 radical (unpaired) electrons. The fourth-order valence-electron chi connectivity index (χ4n) is 3.22. The summed E-state index contributed by atoms with van der Waals surface area (Å²) in [5.74, 6) is -2.88. The molecule has 2 aromatic heterocycles. The fraction of sp³-hybridized carbons (Fsp3) is 0.524. The third-order valence-electron chi connectivity index (χ3n) is 5.24. The maximum Gasteiger partial charge on any atom is 0.326 e. The van der Waals surface area contributed by atoms with Crippen molar-refractivity contribution in [3.8, 4) is 0 Å². The lowest BCUT2D eigenvalue weighted by atomic mass is 10.1. The highest BCUT2D eigenvalue weighted by Crippen LogP contribution is 2.05. The second-order valence-corrected chi connectivity index (χ2v) is 9.12. The monoisotopic (exact) mass is 524 g/mol. The van der Waals surface area contributed by atoms with Gasteiger partial charge in [0.1, 0.15) is 18.1 Å². The van der Waals surface area contributed by atoms with E-state index in [9.17, 15) is 29.4 Å². The van der Waals surface area contributed by atoms with E-state index < -0.39 is 54.0 Å². The molecule has 0 saturated heterocycles. The number of H-pyrrole nitrogens is 2. The van der Waals surface area contributed by atoms with E-state index in [0.717, 1.165) is 0 Å². The van der Waals surface area contributed by atoms with Crippen molar-refractivity contribution in [1.29, 1.82) is 0 Å². The quantitative estimate of drug-likeness (QED) is 0.127. The highest BCUT2D eigenvalue weighted by atomic mass is 32.2. The number of aromatic nitrogens is 4. The van der Waals surface area contributed by atoms with Gasteiger partial charge in [0.2, 0.25) is 17.7 Å². The number of aliphatic hydroxyl groups excluding tert-OH is 1. The molecule has 0 aliphatic heterocycles. The van der Waals surface area contributed by atoms with Crippen LogP contribution in [0.4, 0.5) is 0 Å². The van der Waals surface area contributed by atoms with Gasteiger partial charge in [-0.05, 0) is 25.4 Å². The van der Waals surface area contributed by atoms with E-state index in [1.807, 2.05) is 6.26 Å². The normalized spacial score (nSPS) is 15.2. The van der Waals surface area contributed by atoms with Gasteiger partial charge in [0.15, 0.2) is 0 Å². The number of imidazole rings is 2. The average Bonchev–Trinajstić information content (AvgIpc) is 3.53. The van der Waals surface area contributed by atoms with E-state index in [1.165, 1.54) is 43.7 Å². The number of amides is 3. The summed E-state index contributed by atoms with van der Waals surface area (Å²) in [6.07, 6.45) is 6.48. The minimum absolute atomic E-state index is 0.0539. The van der Waals surface area contributed by atoms with Crippen LogP contribution in [0.1, 0.15) is 24.7 Å². The molecule has 14 nitrogen and oxygen atoms in total. The molecule has 3 amide bonds. The minimum atomic E-state index is -1.39. The second kappa shape index (κ2) is 14.2. The van der Waals surface area contributed by atoms with Crippen LogP contribution in [0.5, 0.6) is 0 Å². The molecule has 0 aliphatic rings. The van der Waals surface area contributed by atoms with Crippen molar-refractivity contribution in [2.45, 2.75) is 56.5 Å². The molecule has 0 aromatic carbocycles. The van der Waals surface area contributed by atoms with Gasteiger partial charge in [-0.1, -0.05) is 0 Å². The predicted octanol–water partition coefficient (Wildman–Crippen LogP) is -2.08. The number of carbonyl (C=O) groups is 4. The Bertz CT molecular complexity index is 985. The Morgan fingerprint density at radius 3 is 2.00 bits per heavy atom. The van der Waals surface area contributed by atoms with Gasteiger partial charge in [-0.2, -0.15) is 11.8 Å². The fourth-order valence-corrected chi connectivity index (χ4v) is 3.71. The van der Waals surface area contributed by atoms with Crippen molar-refractivity contribution in [2.75, 3.05) is 12.0 Å². The first-order valence-corrected chi connectivity index (χ1v) is 12.5. The van der Waals surface area contributed by atoms with E-state index >= 15 is 0 Å². The number of carbonyl (C=O) groups excluding carboxylic acids is 3. The molecule has 5 unspecified atom stereocenters. The largest absolute Gasteiger partial charge is 0.480 e. The molecule has 198 valence electrons. The highest BCUT2D eigenvalue weighted by molar-refractivity contribution is 7.98. The summed E-state index contributed by atoms with van der Waals surface area (Å²) in [5.41, 5.74) is 6.84. The van der Waals surface area contributed by atoms with E-state index in [-0.39, 0.29) is 12.8 Å². The molecule has 0 bridgehead atoms. The second-order valence-electron chi connectivity index (χ2n) is 8.14. The van der Waals surface area contributed by atoms with Gasteiger partial charge in [-0.3, -0.25) is 14.4 Å². The maximum atomic E-state index is 13.1. The zero-order chi connectivity index (χ0) is 26.7. The van der Waals surface area contributed by atoms with Gasteiger partial charge in [0.25, 0.3) is 0 Å². The van der Waals surface area contributed by atoms with Crippen LogP contribution in [0.25, 0.3) is 0 Å². The van der Waals surface area contributed by atoms with Gasteiger partial charge < -0.3 is 41.9 Å². The molecule has 15 heteroatoms. The van der Waals surface area contributed by atoms with Gasteiger partial charge in [-0.25, -0.2) is 14.8 Å². The SMILES string of the molecule is CSCCC(N)C(=O)NC(C(=O)NC(Cc1cnc[nH]1)C(=O)NC(Cc1cnc[nH]1)C(=O)O)C(C)O. The van der Waals surface area contributed by atoms with Crippen molar-refractivity contribution in [3.05, 3.63) is 36.4 Å². The topological polar surface area (TPSA) is 228 Å². The molecule has 9 N–H and O–H groups in total. The van der Waals surface area contributed by atoms with Gasteiger partial charge >= 0.3 is 5.97 Å². The van der Waals surface area contributed by atoms with Crippen molar-refractivity contribution in [1.82, 2.24) is 35.9 Å². The Morgan fingerprint density at radius 1 is 0.972 bits per heavy atom. The first-order chi connectivity index (χ1) is 17.1. The summed E-state index contributed by atoms with van der Waals surface area (Å²) in [6.45, 7) is 1.31. The third-order valence-corrected chi connectivity index (χ3v) is 5.88. The molecular formula is C21H32N8O6S. The van der Waals surface area contributed by atoms with Crippen molar-refractivity contribution in [3.63, 3.8) is 0 Å². The highest BCUT2D eigenvalue weighted by Gasteiger charge is 2.33. The Hall–Kier alpha value is -3.43. The van der Waals surface area contributed by atoms with E-state index in [1.54, 1.807) is 0 Å². The van der Waals surface area contributed by atoms with Crippen LogP contribution in [0.2, 0.25) is 0 Å². The van der Waals surface area contributed by atoms with Crippen molar-refractivity contribution >= 4 is 35.5 Å². The van der Waals surface area contributed by atoms with Crippen LogP contribution in [0, 0.1) is 0 Å². The lowest BCUT2D eigenvalue weighted by Crippen LogP contribution is -2.60. The van der Waals surface area contributed by atoms with Gasteiger partial charge in [0.05, 0.1) is 24.8 Å². The number of rotatable bonds is 15. The summed E-state index contributed by atoms with van der Waals surface area (Å²) in [6, 6.07) is -4.82. The lowest BCUT2D eigenvalue weighted by molar-refractivity contribution is -0.142. The first kappa shape index (κ1) is 28.8. The van der Waals surface area contributed by atoms with E-state index in [4.69, 9.17) is 5.73 Å². The number of hydrogen-bond donors (Lipinski definition) is 8. The molecule has 36 heavy (non-hydrogen) atoms. The summed E-state index contributed by atoms with van der Waals surface area (Å²) in [5, 5.41) is 27.0. The van der Waals surface area contributed by atoms with E-state index in [0.29, 0.717) is 23.6 Å². The summed E-state index contributed by atoms with van der Waals surface area (Å²) >= 11 is 1.51.